The molecule has 110 valence electrons. The van der Waals surface area contributed by atoms with E-state index in [0.29, 0.717) is 12.5 Å². The van der Waals surface area contributed by atoms with Crippen molar-refractivity contribution in [3.63, 3.8) is 0 Å². The molecule has 1 heterocycles. The van der Waals surface area contributed by atoms with Crippen LogP contribution in [0.15, 0.2) is 18.2 Å². The molecule has 2 unspecified atom stereocenters. The average Bonchev–Trinajstić information content (AvgIpc) is 2.95. The predicted molar refractivity (Wildman–Crippen MR) is 80.2 cm³/mol. The number of fused-ring (bicyclic) bond motifs is 1. The zero-order chi connectivity index (χ0) is 13.8. The molecule has 3 nitrogen and oxygen atoms in total. The molecule has 1 aliphatic heterocycles. The molecule has 0 saturated carbocycles. The van der Waals surface area contributed by atoms with Crippen LogP contribution >= 0.6 is 0 Å². The minimum absolute atomic E-state index is 0.239. The molecule has 2 aliphatic rings. The Labute approximate surface area is 121 Å². The molecule has 1 saturated heterocycles. The first-order chi connectivity index (χ1) is 9.83. The standard InChI is InChI=1S/C17H25NO2/c19-17(15-5-2-9-18-12-15)8-10-20-16-7-6-13-3-1-4-14(13)11-16/h6-7,11,15,17-19H,1-5,8-10,12H2. The van der Waals surface area contributed by atoms with E-state index in [4.69, 9.17) is 4.74 Å². The highest BCUT2D eigenvalue weighted by Crippen LogP contribution is 2.26. The van der Waals surface area contributed by atoms with Gasteiger partial charge in [0.05, 0.1) is 12.7 Å². The number of benzene rings is 1. The second-order valence-corrected chi connectivity index (χ2v) is 6.09. The van der Waals surface area contributed by atoms with E-state index in [9.17, 15) is 5.11 Å². The number of hydrogen-bond donors (Lipinski definition) is 2. The van der Waals surface area contributed by atoms with Crippen LogP contribution in [0, 0.1) is 5.92 Å². The van der Waals surface area contributed by atoms with Crippen LogP contribution in [-0.2, 0) is 12.8 Å². The van der Waals surface area contributed by atoms with Gasteiger partial charge in [-0.2, -0.15) is 0 Å². The van der Waals surface area contributed by atoms with Crippen molar-refractivity contribution in [2.45, 2.75) is 44.6 Å². The highest BCUT2D eigenvalue weighted by atomic mass is 16.5. The van der Waals surface area contributed by atoms with Gasteiger partial charge >= 0.3 is 0 Å². The van der Waals surface area contributed by atoms with Gasteiger partial charge in [0.1, 0.15) is 5.75 Å². The van der Waals surface area contributed by atoms with Gasteiger partial charge in [-0.1, -0.05) is 6.07 Å². The first-order valence-corrected chi connectivity index (χ1v) is 7.96. The summed E-state index contributed by atoms with van der Waals surface area (Å²) < 4.78 is 5.81. The molecule has 1 aliphatic carbocycles. The molecule has 0 aromatic heterocycles. The van der Waals surface area contributed by atoms with Crippen molar-refractivity contribution in [3.05, 3.63) is 29.3 Å². The molecule has 1 fully saturated rings. The third kappa shape index (κ3) is 3.33. The van der Waals surface area contributed by atoms with Crippen LogP contribution in [0.1, 0.15) is 36.8 Å². The summed E-state index contributed by atoms with van der Waals surface area (Å²) in [6.07, 6.45) is 6.46. The number of nitrogens with one attached hydrogen (secondary N) is 1. The first-order valence-electron chi connectivity index (χ1n) is 7.96. The molecule has 0 bridgehead atoms. The second kappa shape index (κ2) is 6.59. The van der Waals surface area contributed by atoms with Crippen LogP contribution in [0.25, 0.3) is 0 Å². The van der Waals surface area contributed by atoms with Crippen LogP contribution < -0.4 is 10.1 Å². The predicted octanol–water partition coefficient (Wildman–Crippen LogP) is 2.30. The van der Waals surface area contributed by atoms with Gasteiger partial charge in [0.25, 0.3) is 0 Å². The smallest absolute Gasteiger partial charge is 0.119 e. The third-order valence-corrected chi connectivity index (χ3v) is 4.63. The fourth-order valence-corrected chi connectivity index (χ4v) is 3.38. The maximum Gasteiger partial charge on any atom is 0.119 e. The van der Waals surface area contributed by atoms with Gasteiger partial charge in [-0.15, -0.1) is 0 Å². The largest absolute Gasteiger partial charge is 0.493 e. The summed E-state index contributed by atoms with van der Waals surface area (Å²) in [4.78, 5) is 0. The molecule has 1 aromatic carbocycles. The first kappa shape index (κ1) is 13.9. The molecular formula is C17H25NO2. The molecule has 20 heavy (non-hydrogen) atoms. The summed E-state index contributed by atoms with van der Waals surface area (Å²) in [6.45, 7) is 2.64. The van der Waals surface area contributed by atoms with Crippen LogP contribution in [0.2, 0.25) is 0 Å². The van der Waals surface area contributed by atoms with Gasteiger partial charge in [0.2, 0.25) is 0 Å². The normalized spacial score (nSPS) is 23.4. The van der Waals surface area contributed by atoms with E-state index in [1.54, 1.807) is 0 Å². The number of aryl methyl sites for hydroxylation is 2. The highest BCUT2D eigenvalue weighted by molar-refractivity contribution is 5.38. The summed E-state index contributed by atoms with van der Waals surface area (Å²) in [5.41, 5.74) is 2.92. The Morgan fingerprint density at radius 2 is 2.15 bits per heavy atom. The van der Waals surface area contributed by atoms with Crippen molar-refractivity contribution >= 4 is 0 Å². The lowest BCUT2D eigenvalue weighted by Crippen LogP contribution is -2.37. The van der Waals surface area contributed by atoms with Crippen molar-refractivity contribution in [1.29, 1.82) is 0 Å². The van der Waals surface area contributed by atoms with Crippen molar-refractivity contribution < 1.29 is 9.84 Å². The van der Waals surface area contributed by atoms with Gasteiger partial charge in [-0.3, -0.25) is 0 Å². The molecule has 0 amide bonds. The van der Waals surface area contributed by atoms with Crippen molar-refractivity contribution in [1.82, 2.24) is 5.32 Å². The van der Waals surface area contributed by atoms with E-state index in [0.717, 1.165) is 31.7 Å². The van der Waals surface area contributed by atoms with Crippen LogP contribution in [0.4, 0.5) is 0 Å². The Hall–Kier alpha value is -1.06. The molecule has 3 heteroatoms. The van der Waals surface area contributed by atoms with Gasteiger partial charge in [-0.05, 0) is 67.8 Å². The second-order valence-electron chi connectivity index (χ2n) is 6.09. The molecule has 2 N–H and O–H groups in total. The lowest BCUT2D eigenvalue weighted by molar-refractivity contribution is 0.0702. The highest BCUT2D eigenvalue weighted by Gasteiger charge is 2.21. The molecule has 1 aromatic rings. The van der Waals surface area contributed by atoms with E-state index >= 15 is 0 Å². The number of ether oxygens (including phenoxy) is 1. The van der Waals surface area contributed by atoms with Gasteiger partial charge in [0, 0.05) is 13.0 Å². The molecule has 3 rings (SSSR count). The van der Waals surface area contributed by atoms with Crippen molar-refractivity contribution in [3.8, 4) is 5.75 Å². The van der Waals surface area contributed by atoms with E-state index in [2.05, 4.69) is 23.5 Å². The van der Waals surface area contributed by atoms with Crippen molar-refractivity contribution in [2.75, 3.05) is 19.7 Å². The SMILES string of the molecule is OC(CCOc1ccc2c(c1)CCC2)C1CCCNC1. The van der Waals surface area contributed by atoms with Gasteiger partial charge < -0.3 is 15.2 Å². The third-order valence-electron chi connectivity index (χ3n) is 4.63. The van der Waals surface area contributed by atoms with Crippen molar-refractivity contribution in [2.24, 2.45) is 5.92 Å². The number of rotatable bonds is 5. The Morgan fingerprint density at radius 1 is 1.25 bits per heavy atom. The summed E-state index contributed by atoms with van der Waals surface area (Å²) >= 11 is 0. The monoisotopic (exact) mass is 275 g/mol. The maximum atomic E-state index is 10.2. The minimum atomic E-state index is -0.239. The number of hydrogen-bond acceptors (Lipinski definition) is 3. The zero-order valence-electron chi connectivity index (χ0n) is 12.1. The Kier molecular flexibility index (Phi) is 4.58. The molecule has 0 spiro atoms. The minimum Gasteiger partial charge on any atom is -0.493 e. The zero-order valence-corrected chi connectivity index (χ0v) is 12.1. The summed E-state index contributed by atoms with van der Waals surface area (Å²) in [5, 5.41) is 13.5. The molecular weight excluding hydrogens is 250 g/mol. The topological polar surface area (TPSA) is 41.5 Å². The van der Waals surface area contributed by atoms with E-state index in [1.165, 1.54) is 36.8 Å². The van der Waals surface area contributed by atoms with Crippen LogP contribution in [0.3, 0.4) is 0 Å². The summed E-state index contributed by atoms with van der Waals surface area (Å²) in [7, 11) is 0. The lowest BCUT2D eigenvalue weighted by Gasteiger charge is -2.27. The van der Waals surface area contributed by atoms with E-state index < -0.39 is 0 Å². The summed E-state index contributed by atoms with van der Waals surface area (Å²) in [5.74, 6) is 1.35. The molecule has 2 atom stereocenters. The Morgan fingerprint density at radius 3 is 3.00 bits per heavy atom. The van der Waals surface area contributed by atoms with E-state index in [-0.39, 0.29) is 6.10 Å². The fraction of sp³-hybridized carbons (Fsp3) is 0.647. The average molecular weight is 275 g/mol. The summed E-state index contributed by atoms with van der Waals surface area (Å²) in [6, 6.07) is 6.44. The van der Waals surface area contributed by atoms with E-state index in [1.807, 2.05) is 0 Å². The number of aliphatic hydroxyl groups is 1. The fourth-order valence-electron chi connectivity index (χ4n) is 3.38. The number of piperidine rings is 1. The lowest BCUT2D eigenvalue weighted by atomic mass is 9.92. The maximum absolute atomic E-state index is 10.2. The van der Waals surface area contributed by atoms with Gasteiger partial charge in [0.15, 0.2) is 0 Å². The Bertz CT molecular complexity index is 441. The quantitative estimate of drug-likeness (QED) is 0.866. The van der Waals surface area contributed by atoms with Gasteiger partial charge in [-0.25, -0.2) is 0 Å². The van der Waals surface area contributed by atoms with Crippen LogP contribution in [-0.4, -0.2) is 30.9 Å². The Balaban J connectivity index is 1.45. The molecule has 0 radical (unpaired) electrons. The number of aliphatic hydroxyl groups excluding tert-OH is 1. The van der Waals surface area contributed by atoms with Crippen LogP contribution in [0.5, 0.6) is 5.75 Å².